The minimum absolute atomic E-state index is 0.0406. The van der Waals surface area contributed by atoms with Gasteiger partial charge in [0.2, 0.25) is 0 Å². The Hall–Kier alpha value is -1.77. The van der Waals surface area contributed by atoms with Crippen LogP contribution in [0.3, 0.4) is 0 Å². The van der Waals surface area contributed by atoms with Crippen LogP contribution in [0.1, 0.15) is 66.6 Å². The van der Waals surface area contributed by atoms with Crippen LogP contribution in [0.5, 0.6) is 0 Å². The number of hydrogen-bond donors (Lipinski definition) is 2. The van der Waals surface area contributed by atoms with Crippen molar-refractivity contribution >= 4 is 16.8 Å². The number of aryl methyl sites for hydroxylation is 2. The molecule has 1 aliphatic carbocycles. The van der Waals surface area contributed by atoms with E-state index in [9.17, 15) is 4.79 Å². The van der Waals surface area contributed by atoms with Gasteiger partial charge < -0.3 is 10.3 Å². The number of amides is 1. The molecule has 1 amide bonds. The molecule has 0 saturated heterocycles. The molecule has 1 fully saturated rings. The van der Waals surface area contributed by atoms with E-state index in [2.05, 4.69) is 36.3 Å². The van der Waals surface area contributed by atoms with Gasteiger partial charge in [-0.1, -0.05) is 43.7 Å². The van der Waals surface area contributed by atoms with Crippen LogP contribution in [0.4, 0.5) is 0 Å². The van der Waals surface area contributed by atoms with E-state index in [1.54, 1.807) is 0 Å². The van der Waals surface area contributed by atoms with Crippen molar-refractivity contribution in [2.75, 3.05) is 0 Å². The molecule has 3 rings (SSSR count). The maximum absolute atomic E-state index is 12.5. The number of aromatic nitrogens is 1. The first-order valence-electron chi connectivity index (χ1n) is 8.54. The number of rotatable bonds is 2. The smallest absolute Gasteiger partial charge is 0.267 e. The van der Waals surface area contributed by atoms with E-state index in [4.69, 9.17) is 0 Å². The van der Waals surface area contributed by atoms with Gasteiger partial charge in [-0.3, -0.25) is 4.79 Å². The number of nitrogens with one attached hydrogen (secondary N) is 2. The number of carbonyl (C=O) groups excluding carboxylic acids is 1. The van der Waals surface area contributed by atoms with E-state index in [-0.39, 0.29) is 5.91 Å². The molecule has 2 aromatic rings. The van der Waals surface area contributed by atoms with Crippen molar-refractivity contribution in [3.63, 3.8) is 0 Å². The lowest BCUT2D eigenvalue weighted by molar-refractivity contribution is 0.0926. The van der Waals surface area contributed by atoms with Crippen molar-refractivity contribution in [3.8, 4) is 0 Å². The molecule has 1 aromatic carbocycles. The van der Waals surface area contributed by atoms with E-state index in [0.717, 1.165) is 23.7 Å². The second-order valence-corrected chi connectivity index (χ2v) is 6.74. The largest absolute Gasteiger partial charge is 0.350 e. The second-order valence-electron chi connectivity index (χ2n) is 6.74. The number of H-pyrrole nitrogens is 1. The Morgan fingerprint density at radius 3 is 2.45 bits per heavy atom. The summed E-state index contributed by atoms with van der Waals surface area (Å²) in [6.45, 7) is 4.18. The molecular weight excluding hydrogens is 272 g/mol. The number of fused-ring (bicyclic) bond motifs is 1. The zero-order valence-electron chi connectivity index (χ0n) is 13.7. The highest BCUT2D eigenvalue weighted by atomic mass is 16.1. The number of aromatic amines is 1. The first kappa shape index (κ1) is 15.1. The van der Waals surface area contributed by atoms with Crippen molar-refractivity contribution in [1.82, 2.24) is 10.3 Å². The summed E-state index contributed by atoms with van der Waals surface area (Å²) in [6.07, 6.45) is 8.65. The Labute approximate surface area is 132 Å². The molecule has 3 heteroatoms. The molecule has 0 aliphatic heterocycles. The summed E-state index contributed by atoms with van der Waals surface area (Å²) in [5.74, 6) is 0.0406. The molecule has 0 spiro atoms. The lowest BCUT2D eigenvalue weighted by atomic mass is 9.96. The van der Waals surface area contributed by atoms with Gasteiger partial charge in [0.15, 0.2) is 0 Å². The van der Waals surface area contributed by atoms with Crippen molar-refractivity contribution in [2.24, 2.45) is 0 Å². The van der Waals surface area contributed by atoms with Crippen LogP contribution in [0.15, 0.2) is 18.2 Å². The minimum Gasteiger partial charge on any atom is -0.350 e. The molecule has 1 aliphatic rings. The topological polar surface area (TPSA) is 44.9 Å². The molecule has 3 nitrogen and oxygen atoms in total. The number of benzene rings is 1. The summed E-state index contributed by atoms with van der Waals surface area (Å²) in [5, 5.41) is 4.35. The Balaban J connectivity index is 1.75. The summed E-state index contributed by atoms with van der Waals surface area (Å²) >= 11 is 0. The first-order chi connectivity index (χ1) is 10.6. The van der Waals surface area contributed by atoms with Crippen molar-refractivity contribution < 1.29 is 4.79 Å². The molecule has 1 heterocycles. The molecule has 2 N–H and O–H groups in total. The van der Waals surface area contributed by atoms with Crippen LogP contribution >= 0.6 is 0 Å². The molecule has 22 heavy (non-hydrogen) atoms. The van der Waals surface area contributed by atoms with E-state index in [1.165, 1.54) is 43.2 Å². The van der Waals surface area contributed by atoms with Gasteiger partial charge >= 0.3 is 0 Å². The van der Waals surface area contributed by atoms with E-state index < -0.39 is 0 Å². The van der Waals surface area contributed by atoms with Gasteiger partial charge in [-0.2, -0.15) is 0 Å². The van der Waals surface area contributed by atoms with Crippen LogP contribution < -0.4 is 5.32 Å². The normalized spacial score (nSPS) is 17.2. The molecule has 0 unspecified atom stereocenters. The molecule has 0 radical (unpaired) electrons. The van der Waals surface area contributed by atoms with Gasteiger partial charge in [-0.25, -0.2) is 0 Å². The lowest BCUT2D eigenvalue weighted by Gasteiger charge is -2.20. The first-order valence-corrected chi connectivity index (χ1v) is 8.54. The van der Waals surface area contributed by atoms with E-state index in [1.807, 2.05) is 6.07 Å². The maximum atomic E-state index is 12.5. The highest BCUT2D eigenvalue weighted by molar-refractivity contribution is 5.99. The number of hydrogen-bond acceptors (Lipinski definition) is 1. The summed E-state index contributed by atoms with van der Waals surface area (Å²) < 4.78 is 0. The summed E-state index contributed by atoms with van der Waals surface area (Å²) in [4.78, 5) is 15.8. The summed E-state index contributed by atoms with van der Waals surface area (Å²) in [6, 6.07) is 6.59. The molecule has 0 atom stereocenters. The fraction of sp³-hybridized carbons (Fsp3) is 0.526. The quantitative estimate of drug-likeness (QED) is 0.834. The third-order valence-corrected chi connectivity index (χ3v) is 4.75. The average Bonchev–Trinajstić information content (AvgIpc) is 2.85. The van der Waals surface area contributed by atoms with E-state index in [0.29, 0.717) is 11.7 Å². The highest BCUT2D eigenvalue weighted by Crippen LogP contribution is 2.22. The summed E-state index contributed by atoms with van der Waals surface area (Å²) in [7, 11) is 0. The lowest BCUT2D eigenvalue weighted by Crippen LogP contribution is -2.35. The molecular formula is C19H26N2O. The third-order valence-electron chi connectivity index (χ3n) is 4.75. The predicted octanol–water partition coefficient (Wildman–Crippen LogP) is 4.63. The van der Waals surface area contributed by atoms with Crippen LogP contribution in [-0.4, -0.2) is 16.9 Å². The van der Waals surface area contributed by atoms with Crippen LogP contribution in [0.2, 0.25) is 0 Å². The Morgan fingerprint density at radius 1 is 1.05 bits per heavy atom. The Kier molecular flexibility index (Phi) is 4.51. The van der Waals surface area contributed by atoms with Crippen LogP contribution in [0.25, 0.3) is 10.9 Å². The van der Waals surface area contributed by atoms with Gasteiger partial charge in [-0.05, 0) is 44.4 Å². The standard InChI is InChI=1S/C19H26N2O/c1-13-10-14(2)18-15(11-13)12-17(21-18)19(22)20-16-8-6-4-3-5-7-9-16/h10-12,16,21H,3-9H2,1-2H3,(H,20,22). The Bertz CT molecular complexity index is 663. The van der Waals surface area contributed by atoms with Crippen molar-refractivity contribution in [2.45, 2.75) is 64.8 Å². The second kappa shape index (κ2) is 6.55. The van der Waals surface area contributed by atoms with Crippen molar-refractivity contribution in [3.05, 3.63) is 35.0 Å². The van der Waals surface area contributed by atoms with Gasteiger partial charge in [0.1, 0.15) is 5.69 Å². The molecule has 1 aromatic heterocycles. The predicted molar refractivity (Wildman–Crippen MR) is 91.3 cm³/mol. The van der Waals surface area contributed by atoms with E-state index >= 15 is 0 Å². The minimum atomic E-state index is 0.0406. The molecule has 0 bridgehead atoms. The van der Waals surface area contributed by atoms with Gasteiger partial charge in [0, 0.05) is 16.9 Å². The van der Waals surface area contributed by atoms with Crippen LogP contribution in [0, 0.1) is 13.8 Å². The van der Waals surface area contributed by atoms with Crippen LogP contribution in [-0.2, 0) is 0 Å². The van der Waals surface area contributed by atoms with Gasteiger partial charge in [0.05, 0.1) is 0 Å². The fourth-order valence-corrected chi connectivity index (χ4v) is 3.60. The van der Waals surface area contributed by atoms with Gasteiger partial charge in [-0.15, -0.1) is 0 Å². The number of carbonyl (C=O) groups is 1. The molecule has 118 valence electrons. The SMILES string of the molecule is Cc1cc(C)c2[nH]c(C(=O)NC3CCCCCCC3)cc2c1. The Morgan fingerprint density at radius 2 is 1.73 bits per heavy atom. The maximum Gasteiger partial charge on any atom is 0.267 e. The molecule has 1 saturated carbocycles. The van der Waals surface area contributed by atoms with Gasteiger partial charge in [0.25, 0.3) is 5.91 Å². The third kappa shape index (κ3) is 3.34. The van der Waals surface area contributed by atoms with Crippen molar-refractivity contribution in [1.29, 1.82) is 0 Å². The summed E-state index contributed by atoms with van der Waals surface area (Å²) in [5.41, 5.74) is 4.19. The highest BCUT2D eigenvalue weighted by Gasteiger charge is 2.17. The monoisotopic (exact) mass is 298 g/mol. The fourth-order valence-electron chi connectivity index (χ4n) is 3.60. The average molecular weight is 298 g/mol. The zero-order chi connectivity index (χ0) is 15.5. The zero-order valence-corrected chi connectivity index (χ0v) is 13.7.